The van der Waals surface area contributed by atoms with Gasteiger partial charge in [0.1, 0.15) is 18.2 Å². The Balaban J connectivity index is 1.48. The fraction of sp³-hybridized carbons (Fsp3) is 0.0833. The molecule has 0 radical (unpaired) electrons. The van der Waals surface area contributed by atoms with Crippen LogP contribution in [0.3, 0.4) is 0 Å². The third-order valence-electron chi connectivity index (χ3n) is 4.70. The number of ether oxygens (including phenoxy) is 1. The number of hydrogen-bond acceptors (Lipinski definition) is 4. The van der Waals surface area contributed by atoms with Gasteiger partial charge in [-0.15, -0.1) is 0 Å². The van der Waals surface area contributed by atoms with Crippen LogP contribution in [0.1, 0.15) is 16.7 Å². The van der Waals surface area contributed by atoms with Crippen molar-refractivity contribution in [2.24, 2.45) is 0 Å². The molecule has 1 aliphatic heterocycles. The summed E-state index contributed by atoms with van der Waals surface area (Å²) in [6.45, 7) is 0.111. The van der Waals surface area contributed by atoms with Gasteiger partial charge in [-0.1, -0.05) is 53.5 Å². The van der Waals surface area contributed by atoms with Crippen LogP contribution in [0.5, 0.6) is 5.75 Å². The molecule has 3 aromatic carbocycles. The molecule has 162 valence electrons. The van der Waals surface area contributed by atoms with Crippen molar-refractivity contribution in [2.45, 2.75) is 13.2 Å². The molecule has 1 heterocycles. The largest absolute Gasteiger partial charge is 0.489 e. The summed E-state index contributed by atoms with van der Waals surface area (Å²) in [6.07, 6.45) is 1.63. The van der Waals surface area contributed by atoms with E-state index in [0.717, 1.165) is 17.3 Å². The molecule has 1 saturated heterocycles. The van der Waals surface area contributed by atoms with Crippen molar-refractivity contribution in [3.63, 3.8) is 0 Å². The average Bonchev–Trinajstić information content (AvgIpc) is 3.01. The Morgan fingerprint density at radius 2 is 1.78 bits per heavy atom. The van der Waals surface area contributed by atoms with Crippen molar-refractivity contribution in [1.29, 1.82) is 0 Å². The van der Waals surface area contributed by atoms with Gasteiger partial charge in [0.05, 0.1) is 16.5 Å². The van der Waals surface area contributed by atoms with Gasteiger partial charge in [-0.2, -0.15) is 0 Å². The minimum Gasteiger partial charge on any atom is -0.489 e. The summed E-state index contributed by atoms with van der Waals surface area (Å²) in [5, 5.41) is 0.482. The molecule has 1 aliphatic rings. The first-order valence-corrected chi connectivity index (χ1v) is 11.1. The number of amides is 2. The van der Waals surface area contributed by atoms with Crippen molar-refractivity contribution in [1.82, 2.24) is 4.90 Å². The highest BCUT2D eigenvalue weighted by Gasteiger charge is 2.35. The zero-order valence-electron chi connectivity index (χ0n) is 16.6. The zero-order chi connectivity index (χ0) is 22.7. The van der Waals surface area contributed by atoms with Gasteiger partial charge in [0, 0.05) is 10.6 Å². The lowest BCUT2D eigenvalue weighted by molar-refractivity contribution is -0.123. The number of carbonyl (C=O) groups excluding carboxylic acids is 2. The van der Waals surface area contributed by atoms with E-state index in [-0.39, 0.29) is 34.9 Å². The highest BCUT2D eigenvalue weighted by Crippen LogP contribution is 2.34. The van der Waals surface area contributed by atoms with E-state index in [1.807, 2.05) is 0 Å². The fourth-order valence-corrected chi connectivity index (χ4v) is 4.39. The Labute approximate surface area is 198 Å². The van der Waals surface area contributed by atoms with E-state index in [1.165, 1.54) is 17.0 Å². The van der Waals surface area contributed by atoms with Gasteiger partial charge < -0.3 is 4.74 Å². The molecule has 0 N–H and O–H groups in total. The van der Waals surface area contributed by atoms with Crippen molar-refractivity contribution in [3.8, 4) is 5.75 Å². The van der Waals surface area contributed by atoms with Crippen LogP contribution < -0.4 is 4.74 Å². The molecule has 4 rings (SSSR count). The molecule has 0 bridgehead atoms. The first-order chi connectivity index (χ1) is 15.4. The minimum atomic E-state index is -0.443. The lowest BCUT2D eigenvalue weighted by Crippen LogP contribution is -2.27. The molecule has 32 heavy (non-hydrogen) atoms. The van der Waals surface area contributed by atoms with Gasteiger partial charge in [-0.05, 0) is 65.4 Å². The van der Waals surface area contributed by atoms with Gasteiger partial charge in [0.15, 0.2) is 0 Å². The van der Waals surface area contributed by atoms with E-state index >= 15 is 0 Å². The van der Waals surface area contributed by atoms with Crippen LogP contribution in [0.15, 0.2) is 71.6 Å². The van der Waals surface area contributed by atoms with Crippen LogP contribution >= 0.6 is 35.0 Å². The molecule has 0 saturated carbocycles. The van der Waals surface area contributed by atoms with Gasteiger partial charge in [0.25, 0.3) is 11.1 Å². The summed E-state index contributed by atoms with van der Waals surface area (Å²) in [5.74, 6) is -0.331. The number of benzene rings is 3. The summed E-state index contributed by atoms with van der Waals surface area (Å²) < 4.78 is 19.6. The Kier molecular flexibility index (Phi) is 6.84. The van der Waals surface area contributed by atoms with Gasteiger partial charge >= 0.3 is 0 Å². The SMILES string of the molecule is O=C1S/C(=C\c2cccc(OCc3c(F)cccc3Cl)c2)C(=O)N1Cc1cccc(Cl)c1. The quantitative estimate of drug-likeness (QED) is 0.353. The maximum Gasteiger partial charge on any atom is 0.293 e. The molecule has 1 fully saturated rings. The summed E-state index contributed by atoms with van der Waals surface area (Å²) in [6, 6.07) is 18.4. The first-order valence-electron chi connectivity index (χ1n) is 9.56. The third kappa shape index (κ3) is 5.15. The Morgan fingerprint density at radius 3 is 2.56 bits per heavy atom. The first kappa shape index (κ1) is 22.4. The number of halogens is 3. The van der Waals surface area contributed by atoms with Gasteiger partial charge in [-0.3, -0.25) is 14.5 Å². The van der Waals surface area contributed by atoms with E-state index < -0.39 is 5.82 Å². The van der Waals surface area contributed by atoms with E-state index in [1.54, 1.807) is 60.7 Å². The topological polar surface area (TPSA) is 46.6 Å². The monoisotopic (exact) mass is 487 g/mol. The van der Waals surface area contributed by atoms with Crippen LogP contribution in [0.2, 0.25) is 10.0 Å². The van der Waals surface area contributed by atoms with Gasteiger partial charge in [0.2, 0.25) is 0 Å². The highest BCUT2D eigenvalue weighted by molar-refractivity contribution is 8.18. The number of imide groups is 1. The average molecular weight is 488 g/mol. The lowest BCUT2D eigenvalue weighted by atomic mass is 10.2. The molecule has 0 aliphatic carbocycles. The molecule has 2 amide bonds. The molecule has 0 atom stereocenters. The number of nitrogens with zero attached hydrogens (tertiary/aromatic N) is 1. The number of carbonyl (C=O) groups is 2. The predicted molar refractivity (Wildman–Crippen MR) is 125 cm³/mol. The van der Waals surface area contributed by atoms with E-state index in [4.69, 9.17) is 27.9 Å². The van der Waals surface area contributed by atoms with Crippen LogP contribution in [0, 0.1) is 5.82 Å². The smallest absolute Gasteiger partial charge is 0.293 e. The second-order valence-corrected chi connectivity index (χ2v) is 8.80. The Bertz CT molecular complexity index is 1210. The predicted octanol–water partition coefficient (Wildman–Crippen LogP) is 6.95. The minimum absolute atomic E-state index is 0.0366. The fourth-order valence-electron chi connectivity index (χ4n) is 3.13. The third-order valence-corrected chi connectivity index (χ3v) is 6.20. The summed E-state index contributed by atoms with van der Waals surface area (Å²) >= 11 is 12.9. The zero-order valence-corrected chi connectivity index (χ0v) is 18.9. The molecule has 0 aromatic heterocycles. The second-order valence-electron chi connectivity index (χ2n) is 6.96. The molecular weight excluding hydrogens is 472 g/mol. The van der Waals surface area contributed by atoms with Crippen molar-refractivity contribution < 1.29 is 18.7 Å². The van der Waals surface area contributed by atoms with Crippen molar-refractivity contribution in [3.05, 3.63) is 104 Å². The molecule has 8 heteroatoms. The van der Waals surface area contributed by atoms with Crippen molar-refractivity contribution >= 4 is 52.2 Å². The van der Waals surface area contributed by atoms with Crippen molar-refractivity contribution in [2.75, 3.05) is 0 Å². The Hall–Kier alpha value is -2.80. The highest BCUT2D eigenvalue weighted by atomic mass is 35.5. The summed E-state index contributed by atoms with van der Waals surface area (Å²) in [5.41, 5.74) is 1.71. The standard InChI is InChI=1S/C24H16Cl2FNO3S/c25-17-6-1-5-16(10-17)13-28-23(29)22(32-24(28)30)12-15-4-2-7-18(11-15)31-14-19-20(26)8-3-9-21(19)27/h1-12H,13-14H2/b22-12-. The molecular formula is C24H16Cl2FNO3S. The normalized spacial score (nSPS) is 15.0. The molecule has 4 nitrogen and oxygen atoms in total. The van der Waals surface area contributed by atoms with E-state index in [2.05, 4.69) is 0 Å². The molecule has 0 spiro atoms. The molecule has 0 unspecified atom stereocenters. The Morgan fingerprint density at radius 1 is 1.00 bits per heavy atom. The maximum absolute atomic E-state index is 13.9. The number of thioether (sulfide) groups is 1. The lowest BCUT2D eigenvalue weighted by Gasteiger charge is -2.12. The number of hydrogen-bond donors (Lipinski definition) is 0. The summed E-state index contributed by atoms with van der Waals surface area (Å²) in [7, 11) is 0. The maximum atomic E-state index is 13.9. The van der Waals surface area contributed by atoms with Crippen LogP contribution in [-0.4, -0.2) is 16.0 Å². The van der Waals surface area contributed by atoms with Gasteiger partial charge in [-0.25, -0.2) is 4.39 Å². The van der Waals surface area contributed by atoms with Crippen LogP contribution in [-0.2, 0) is 17.9 Å². The molecule has 3 aromatic rings. The van der Waals surface area contributed by atoms with E-state index in [9.17, 15) is 14.0 Å². The second kappa shape index (κ2) is 9.77. The number of rotatable bonds is 6. The van der Waals surface area contributed by atoms with Crippen LogP contribution in [0.25, 0.3) is 6.08 Å². The van der Waals surface area contributed by atoms with Crippen LogP contribution in [0.4, 0.5) is 9.18 Å². The van der Waals surface area contributed by atoms with E-state index in [0.29, 0.717) is 21.2 Å². The summed E-state index contributed by atoms with van der Waals surface area (Å²) in [4.78, 5) is 26.7.